The van der Waals surface area contributed by atoms with E-state index in [-0.39, 0.29) is 0 Å². The van der Waals surface area contributed by atoms with Crippen molar-refractivity contribution in [1.29, 1.82) is 0 Å². The summed E-state index contributed by atoms with van der Waals surface area (Å²) in [7, 11) is 1.07. The molecule has 0 bridgehead atoms. The van der Waals surface area contributed by atoms with E-state index in [0.29, 0.717) is 4.90 Å². The van der Waals surface area contributed by atoms with Crippen molar-refractivity contribution < 1.29 is 18.4 Å². The molecule has 0 aliphatic rings. The number of hydrogen-bond donors (Lipinski definition) is 2. The van der Waals surface area contributed by atoms with Gasteiger partial charge in [0.2, 0.25) is 5.96 Å². The Labute approximate surface area is 61.1 Å². The van der Waals surface area contributed by atoms with Crippen LogP contribution in [-0.2, 0) is 0 Å². The first kappa shape index (κ1) is 9.86. The van der Waals surface area contributed by atoms with E-state index >= 15 is 0 Å². The van der Waals surface area contributed by atoms with E-state index in [1.807, 2.05) is 0 Å². The highest BCUT2D eigenvalue weighted by Gasteiger charge is 2.30. The van der Waals surface area contributed by atoms with Crippen LogP contribution < -0.4 is 5.73 Å². The first-order valence-electron chi connectivity index (χ1n) is 2.62. The van der Waals surface area contributed by atoms with Gasteiger partial charge in [-0.2, -0.15) is 13.2 Å². The summed E-state index contributed by atoms with van der Waals surface area (Å²) < 4.78 is 34.7. The Morgan fingerprint density at radius 2 is 2.09 bits per heavy atom. The van der Waals surface area contributed by atoms with Crippen LogP contribution in [0.25, 0.3) is 0 Å². The molecule has 0 aliphatic carbocycles. The van der Waals surface area contributed by atoms with Crippen LogP contribution in [0.4, 0.5) is 13.2 Å². The molecule has 66 valence electrons. The predicted octanol–water partition coefficient (Wildman–Crippen LogP) is 0.184. The van der Waals surface area contributed by atoms with Crippen molar-refractivity contribution in [2.24, 2.45) is 10.9 Å². The third kappa shape index (κ3) is 4.29. The Hall–Kier alpha value is -1.14. The largest absolute Gasteiger partial charge is 0.408 e. The molecule has 0 radical (unpaired) electrons. The molecule has 0 fully saturated rings. The minimum Gasteiger partial charge on any atom is -0.408 e. The summed E-state index contributed by atoms with van der Waals surface area (Å²) in [5, 5.41) is 10.3. The molecule has 4 nitrogen and oxygen atoms in total. The fourth-order valence-corrected chi connectivity index (χ4v) is 0.426. The van der Waals surface area contributed by atoms with E-state index < -0.39 is 18.7 Å². The van der Waals surface area contributed by atoms with Crippen molar-refractivity contribution in [3.05, 3.63) is 0 Å². The van der Waals surface area contributed by atoms with Crippen LogP contribution >= 0.6 is 0 Å². The molecule has 0 atom stereocenters. The molecule has 0 amide bonds. The molecule has 0 spiro atoms. The van der Waals surface area contributed by atoms with Crippen molar-refractivity contribution in [1.82, 2.24) is 4.90 Å². The van der Waals surface area contributed by atoms with Crippen LogP contribution in [0.1, 0.15) is 0 Å². The molecule has 3 N–H and O–H groups in total. The minimum atomic E-state index is -4.34. The standard InChI is InChI=1S/C4H8F3N3O/c1-10(3(8)9-11)2-4(5,6)7/h11H,2H2,1H3,(H2,8,9). The molecule has 0 aromatic carbocycles. The highest BCUT2D eigenvalue weighted by molar-refractivity contribution is 5.77. The number of alkyl halides is 3. The van der Waals surface area contributed by atoms with Crippen LogP contribution in [0.15, 0.2) is 5.16 Å². The number of hydrogen-bond acceptors (Lipinski definition) is 2. The summed E-state index contributed by atoms with van der Waals surface area (Å²) >= 11 is 0. The molecule has 0 unspecified atom stereocenters. The molecular weight excluding hydrogens is 163 g/mol. The molecule has 0 aromatic rings. The Morgan fingerprint density at radius 3 is 2.36 bits per heavy atom. The Bertz CT molecular complexity index is 155. The quantitative estimate of drug-likeness (QED) is 0.256. The molecule has 0 saturated carbocycles. The van der Waals surface area contributed by atoms with Crippen LogP contribution in [0, 0.1) is 0 Å². The van der Waals surface area contributed by atoms with Crippen molar-refractivity contribution in [3.63, 3.8) is 0 Å². The van der Waals surface area contributed by atoms with Gasteiger partial charge in [-0.3, -0.25) is 0 Å². The van der Waals surface area contributed by atoms with Gasteiger partial charge in [-0.15, -0.1) is 0 Å². The number of guanidine groups is 1. The summed E-state index contributed by atoms with van der Waals surface area (Å²) in [6.45, 7) is -1.23. The van der Waals surface area contributed by atoms with Gasteiger partial charge >= 0.3 is 6.18 Å². The van der Waals surface area contributed by atoms with Crippen LogP contribution in [0.3, 0.4) is 0 Å². The lowest BCUT2D eigenvalue weighted by atomic mass is 10.6. The maximum absolute atomic E-state index is 11.6. The maximum atomic E-state index is 11.6. The van der Waals surface area contributed by atoms with Gasteiger partial charge in [-0.25, -0.2) is 0 Å². The van der Waals surface area contributed by atoms with E-state index in [4.69, 9.17) is 10.9 Å². The summed E-state index contributed by atoms with van der Waals surface area (Å²) in [5.74, 6) is -0.567. The Morgan fingerprint density at radius 1 is 1.64 bits per heavy atom. The van der Waals surface area contributed by atoms with Crippen molar-refractivity contribution in [3.8, 4) is 0 Å². The number of nitrogens with two attached hydrogens (primary N) is 1. The average Bonchev–Trinajstić information content (AvgIpc) is 1.82. The Balaban J connectivity index is 3.98. The second-order valence-electron chi connectivity index (χ2n) is 1.93. The fraction of sp³-hybridized carbons (Fsp3) is 0.750. The third-order valence-electron chi connectivity index (χ3n) is 0.910. The zero-order valence-corrected chi connectivity index (χ0v) is 5.76. The van der Waals surface area contributed by atoms with Crippen molar-refractivity contribution in [2.75, 3.05) is 13.6 Å². The second kappa shape index (κ2) is 3.31. The summed E-state index contributed by atoms with van der Waals surface area (Å²) in [6.07, 6.45) is -4.34. The molecule has 7 heteroatoms. The molecular formula is C4H8F3N3O. The Kier molecular flexibility index (Phi) is 2.97. The normalized spacial score (nSPS) is 13.3. The molecule has 0 aliphatic heterocycles. The van der Waals surface area contributed by atoms with Gasteiger partial charge in [0.15, 0.2) is 0 Å². The number of oxime groups is 1. The van der Waals surface area contributed by atoms with Gasteiger partial charge in [0.1, 0.15) is 6.54 Å². The van der Waals surface area contributed by atoms with E-state index in [2.05, 4.69) is 5.16 Å². The molecule has 0 heterocycles. The van der Waals surface area contributed by atoms with Gasteiger partial charge in [0.25, 0.3) is 0 Å². The maximum Gasteiger partial charge on any atom is 0.406 e. The SMILES string of the molecule is CN(CC(F)(F)F)C(N)=NO. The highest BCUT2D eigenvalue weighted by Crippen LogP contribution is 2.14. The van der Waals surface area contributed by atoms with E-state index in [1.165, 1.54) is 0 Å². The van der Waals surface area contributed by atoms with E-state index in [1.54, 1.807) is 0 Å². The summed E-state index contributed by atoms with van der Waals surface area (Å²) in [6, 6.07) is 0. The summed E-state index contributed by atoms with van der Waals surface area (Å²) in [4.78, 5) is 0.583. The molecule has 0 aromatic heterocycles. The fourth-order valence-electron chi connectivity index (χ4n) is 0.426. The van der Waals surface area contributed by atoms with Gasteiger partial charge in [-0.1, -0.05) is 5.16 Å². The number of rotatable bonds is 1. The van der Waals surface area contributed by atoms with Crippen molar-refractivity contribution in [2.45, 2.75) is 6.18 Å². The van der Waals surface area contributed by atoms with Gasteiger partial charge < -0.3 is 15.8 Å². The third-order valence-corrected chi connectivity index (χ3v) is 0.910. The number of nitrogens with zero attached hydrogens (tertiary/aromatic N) is 2. The van der Waals surface area contributed by atoms with Crippen LogP contribution in [0.2, 0.25) is 0 Å². The lowest BCUT2D eigenvalue weighted by molar-refractivity contribution is -0.136. The van der Waals surface area contributed by atoms with Gasteiger partial charge in [0, 0.05) is 7.05 Å². The lowest BCUT2D eigenvalue weighted by Gasteiger charge is -2.17. The lowest BCUT2D eigenvalue weighted by Crippen LogP contribution is -2.40. The van der Waals surface area contributed by atoms with Crippen LogP contribution in [-0.4, -0.2) is 35.8 Å². The number of halogens is 3. The second-order valence-corrected chi connectivity index (χ2v) is 1.93. The zero-order chi connectivity index (χ0) is 9.07. The molecule has 0 rings (SSSR count). The first-order valence-corrected chi connectivity index (χ1v) is 2.62. The van der Waals surface area contributed by atoms with Crippen molar-refractivity contribution >= 4 is 5.96 Å². The smallest absolute Gasteiger partial charge is 0.406 e. The topological polar surface area (TPSA) is 61.8 Å². The zero-order valence-electron chi connectivity index (χ0n) is 5.76. The highest BCUT2D eigenvalue weighted by atomic mass is 19.4. The van der Waals surface area contributed by atoms with E-state index in [0.717, 1.165) is 7.05 Å². The molecule has 11 heavy (non-hydrogen) atoms. The monoisotopic (exact) mass is 171 g/mol. The predicted molar refractivity (Wildman–Crippen MR) is 32.1 cm³/mol. The average molecular weight is 171 g/mol. The molecule has 0 saturated heterocycles. The van der Waals surface area contributed by atoms with Crippen LogP contribution in [0.5, 0.6) is 0 Å². The first-order chi connectivity index (χ1) is 4.87. The minimum absolute atomic E-state index is 0.567. The van der Waals surface area contributed by atoms with Gasteiger partial charge in [0.05, 0.1) is 0 Å². The summed E-state index contributed by atoms with van der Waals surface area (Å²) in [5.41, 5.74) is 4.85. The van der Waals surface area contributed by atoms with Gasteiger partial charge in [-0.05, 0) is 0 Å². The van der Waals surface area contributed by atoms with E-state index in [9.17, 15) is 13.2 Å².